The lowest BCUT2D eigenvalue weighted by Crippen LogP contribution is -2.47. The Morgan fingerprint density at radius 3 is 2.44 bits per heavy atom. The molecule has 0 aliphatic heterocycles. The molecule has 1 fully saturated rings. The normalized spacial score (nSPS) is 19.6. The van der Waals surface area contributed by atoms with Crippen molar-refractivity contribution in [3.8, 4) is 0 Å². The summed E-state index contributed by atoms with van der Waals surface area (Å²) in [6.45, 7) is 0. The molecule has 1 aromatic rings. The molecule has 2 rings (SSSR count). The van der Waals surface area contributed by atoms with Crippen molar-refractivity contribution < 1.29 is 9.53 Å². The number of carbonyl (C=O) groups is 1. The highest BCUT2D eigenvalue weighted by Gasteiger charge is 2.50. The van der Waals surface area contributed by atoms with Crippen molar-refractivity contribution in [2.75, 3.05) is 7.11 Å². The fourth-order valence-electron chi connectivity index (χ4n) is 2.38. The molecule has 1 saturated carbocycles. The van der Waals surface area contributed by atoms with Crippen LogP contribution in [0.3, 0.4) is 0 Å². The third-order valence-corrected chi connectivity index (χ3v) is 3.59. The van der Waals surface area contributed by atoms with Gasteiger partial charge in [-0.2, -0.15) is 0 Å². The van der Waals surface area contributed by atoms with Crippen LogP contribution in [0.15, 0.2) is 30.3 Å². The Morgan fingerprint density at radius 2 is 2.00 bits per heavy atom. The average molecular weight is 219 g/mol. The Balaban J connectivity index is 2.26. The summed E-state index contributed by atoms with van der Waals surface area (Å²) in [5, 5.41) is 0. The highest BCUT2D eigenvalue weighted by atomic mass is 16.5. The van der Waals surface area contributed by atoms with Gasteiger partial charge in [-0.15, -0.1) is 0 Å². The third-order valence-electron chi connectivity index (χ3n) is 3.59. The lowest BCUT2D eigenvalue weighted by molar-refractivity contribution is -0.160. The topological polar surface area (TPSA) is 52.3 Å². The molecule has 1 aromatic carbocycles. The number of benzene rings is 1. The van der Waals surface area contributed by atoms with Gasteiger partial charge in [0.15, 0.2) is 0 Å². The molecule has 0 amide bonds. The Hall–Kier alpha value is -1.35. The number of ether oxygens (including phenoxy) is 1. The Labute approximate surface area is 95.6 Å². The maximum atomic E-state index is 11.8. The number of carbonyl (C=O) groups excluding carboxylic acids is 1. The molecule has 0 heterocycles. The Kier molecular flexibility index (Phi) is 2.97. The summed E-state index contributed by atoms with van der Waals surface area (Å²) in [7, 11) is 1.43. The highest BCUT2D eigenvalue weighted by Crippen LogP contribution is 2.49. The maximum absolute atomic E-state index is 11.8. The largest absolute Gasteiger partial charge is 0.469 e. The van der Waals surface area contributed by atoms with Crippen LogP contribution >= 0.6 is 0 Å². The maximum Gasteiger partial charge on any atom is 0.313 e. The van der Waals surface area contributed by atoms with Crippen molar-refractivity contribution >= 4 is 5.97 Å². The molecule has 3 nitrogen and oxygen atoms in total. The zero-order valence-corrected chi connectivity index (χ0v) is 9.48. The predicted octanol–water partition coefficient (Wildman–Crippen LogP) is 2.03. The van der Waals surface area contributed by atoms with Gasteiger partial charge >= 0.3 is 5.97 Å². The Morgan fingerprint density at radius 1 is 1.38 bits per heavy atom. The summed E-state index contributed by atoms with van der Waals surface area (Å²) in [4.78, 5) is 11.8. The van der Waals surface area contributed by atoms with Crippen LogP contribution in [0.2, 0.25) is 0 Å². The molecule has 0 bridgehead atoms. The van der Waals surface area contributed by atoms with E-state index in [-0.39, 0.29) is 12.0 Å². The standard InChI is InChI=1S/C13H17NO2/c1-16-12(15)13(8-5-9-13)11(14)10-6-3-2-4-7-10/h2-4,6-7,11H,5,8-9,14H2,1H3. The van der Waals surface area contributed by atoms with Crippen LogP contribution in [-0.2, 0) is 9.53 Å². The first-order valence-electron chi connectivity index (χ1n) is 5.59. The van der Waals surface area contributed by atoms with Gasteiger partial charge in [0, 0.05) is 6.04 Å². The summed E-state index contributed by atoms with van der Waals surface area (Å²) in [6.07, 6.45) is 2.71. The first-order chi connectivity index (χ1) is 7.70. The average Bonchev–Trinajstić information content (AvgIpc) is 2.28. The van der Waals surface area contributed by atoms with Gasteiger partial charge in [-0.1, -0.05) is 36.8 Å². The van der Waals surface area contributed by atoms with Gasteiger partial charge in [0.05, 0.1) is 12.5 Å². The van der Waals surface area contributed by atoms with Crippen LogP contribution in [0.25, 0.3) is 0 Å². The van der Waals surface area contributed by atoms with E-state index in [9.17, 15) is 4.79 Å². The van der Waals surface area contributed by atoms with E-state index in [1.165, 1.54) is 7.11 Å². The lowest BCUT2D eigenvalue weighted by Gasteiger charge is -2.43. The van der Waals surface area contributed by atoms with E-state index in [4.69, 9.17) is 10.5 Å². The van der Waals surface area contributed by atoms with Gasteiger partial charge in [-0.25, -0.2) is 0 Å². The molecule has 1 unspecified atom stereocenters. The highest BCUT2D eigenvalue weighted by molar-refractivity contribution is 5.79. The van der Waals surface area contributed by atoms with Gasteiger partial charge in [-0.05, 0) is 18.4 Å². The predicted molar refractivity (Wildman–Crippen MR) is 61.7 cm³/mol. The van der Waals surface area contributed by atoms with Crippen LogP contribution in [0, 0.1) is 5.41 Å². The van der Waals surface area contributed by atoms with Crippen LogP contribution in [0.5, 0.6) is 0 Å². The first-order valence-corrected chi connectivity index (χ1v) is 5.59. The molecular weight excluding hydrogens is 202 g/mol. The summed E-state index contributed by atoms with van der Waals surface area (Å²) < 4.78 is 4.88. The minimum atomic E-state index is -0.490. The SMILES string of the molecule is COC(=O)C1(C(N)c2ccccc2)CCC1. The molecule has 1 aliphatic carbocycles. The number of rotatable bonds is 3. The third kappa shape index (κ3) is 1.61. The van der Waals surface area contributed by atoms with E-state index in [2.05, 4.69) is 0 Å². The van der Waals surface area contributed by atoms with Crippen molar-refractivity contribution in [1.29, 1.82) is 0 Å². The van der Waals surface area contributed by atoms with Gasteiger partial charge in [-0.3, -0.25) is 4.79 Å². The monoisotopic (exact) mass is 219 g/mol. The zero-order valence-electron chi connectivity index (χ0n) is 9.48. The second-order valence-corrected chi connectivity index (χ2v) is 4.39. The number of esters is 1. The first kappa shape index (κ1) is 11.1. The lowest BCUT2D eigenvalue weighted by atomic mass is 9.62. The van der Waals surface area contributed by atoms with Crippen molar-refractivity contribution in [2.24, 2.45) is 11.1 Å². The molecule has 0 saturated heterocycles. The molecular formula is C13H17NO2. The molecule has 3 heteroatoms. The van der Waals surface area contributed by atoms with E-state index in [0.29, 0.717) is 0 Å². The fraction of sp³-hybridized carbons (Fsp3) is 0.462. The van der Waals surface area contributed by atoms with Crippen molar-refractivity contribution in [1.82, 2.24) is 0 Å². The minimum Gasteiger partial charge on any atom is -0.469 e. The second kappa shape index (κ2) is 4.26. The zero-order chi connectivity index (χ0) is 11.6. The van der Waals surface area contributed by atoms with E-state index in [1.807, 2.05) is 30.3 Å². The number of hydrogen-bond donors (Lipinski definition) is 1. The summed E-state index contributed by atoms with van der Waals surface area (Å²) in [6, 6.07) is 9.51. The molecule has 86 valence electrons. The van der Waals surface area contributed by atoms with E-state index >= 15 is 0 Å². The molecule has 16 heavy (non-hydrogen) atoms. The van der Waals surface area contributed by atoms with Crippen LogP contribution in [0.4, 0.5) is 0 Å². The fourth-order valence-corrected chi connectivity index (χ4v) is 2.38. The van der Waals surface area contributed by atoms with Crippen LogP contribution < -0.4 is 5.73 Å². The van der Waals surface area contributed by atoms with E-state index in [0.717, 1.165) is 24.8 Å². The molecule has 2 N–H and O–H groups in total. The molecule has 0 spiro atoms. The quantitative estimate of drug-likeness (QED) is 0.791. The van der Waals surface area contributed by atoms with Gasteiger partial charge in [0.25, 0.3) is 0 Å². The molecule has 0 aromatic heterocycles. The smallest absolute Gasteiger partial charge is 0.313 e. The van der Waals surface area contributed by atoms with E-state index < -0.39 is 5.41 Å². The summed E-state index contributed by atoms with van der Waals surface area (Å²) >= 11 is 0. The molecule has 1 atom stereocenters. The van der Waals surface area contributed by atoms with Gasteiger partial charge in [0.2, 0.25) is 0 Å². The summed E-state index contributed by atoms with van der Waals surface area (Å²) in [5.41, 5.74) is 6.73. The van der Waals surface area contributed by atoms with Crippen molar-refractivity contribution in [3.63, 3.8) is 0 Å². The number of hydrogen-bond acceptors (Lipinski definition) is 3. The minimum absolute atomic E-state index is 0.171. The summed E-state index contributed by atoms with van der Waals surface area (Å²) in [5.74, 6) is -0.171. The number of methoxy groups -OCH3 is 1. The molecule has 1 aliphatic rings. The Bertz CT molecular complexity index is 371. The van der Waals surface area contributed by atoms with E-state index in [1.54, 1.807) is 0 Å². The van der Waals surface area contributed by atoms with Crippen LogP contribution in [0.1, 0.15) is 30.9 Å². The molecule has 0 radical (unpaired) electrons. The van der Waals surface area contributed by atoms with Gasteiger partial charge in [0.1, 0.15) is 0 Å². The number of nitrogens with two attached hydrogens (primary N) is 1. The second-order valence-electron chi connectivity index (χ2n) is 4.39. The van der Waals surface area contributed by atoms with Gasteiger partial charge < -0.3 is 10.5 Å². The van der Waals surface area contributed by atoms with Crippen molar-refractivity contribution in [2.45, 2.75) is 25.3 Å². The van der Waals surface area contributed by atoms with Crippen molar-refractivity contribution in [3.05, 3.63) is 35.9 Å². The van der Waals surface area contributed by atoms with Crippen LogP contribution in [-0.4, -0.2) is 13.1 Å².